The van der Waals surface area contributed by atoms with Crippen molar-refractivity contribution in [1.82, 2.24) is 19.9 Å². The van der Waals surface area contributed by atoms with Crippen molar-refractivity contribution in [3.05, 3.63) is 18.6 Å². The number of H-pyrrole nitrogens is 1. The van der Waals surface area contributed by atoms with Crippen LogP contribution >= 0.6 is 0 Å². The van der Waals surface area contributed by atoms with Gasteiger partial charge < -0.3 is 14.8 Å². The number of fused-ring (bicyclic) bond motifs is 1. The quantitative estimate of drug-likeness (QED) is 0.909. The van der Waals surface area contributed by atoms with Gasteiger partial charge in [-0.3, -0.25) is 4.79 Å². The van der Waals surface area contributed by atoms with Gasteiger partial charge in [-0.2, -0.15) is 0 Å². The van der Waals surface area contributed by atoms with Crippen LogP contribution < -0.4 is 4.90 Å². The van der Waals surface area contributed by atoms with Gasteiger partial charge in [0.1, 0.15) is 17.8 Å². The van der Waals surface area contributed by atoms with E-state index in [0.717, 1.165) is 49.3 Å². The predicted octanol–water partition coefficient (Wildman–Crippen LogP) is 1.55. The Bertz CT molecular complexity index is 690. The van der Waals surface area contributed by atoms with E-state index in [0.29, 0.717) is 6.42 Å². The minimum atomic E-state index is 0.0545. The summed E-state index contributed by atoms with van der Waals surface area (Å²) in [6, 6.07) is 2.02. The van der Waals surface area contributed by atoms with E-state index < -0.39 is 0 Å². The van der Waals surface area contributed by atoms with Gasteiger partial charge in [0.05, 0.1) is 10.9 Å². The summed E-state index contributed by atoms with van der Waals surface area (Å²) >= 11 is 0. The largest absolute Gasteiger partial charge is 0.352 e. The van der Waals surface area contributed by atoms with E-state index in [4.69, 9.17) is 0 Å². The molecule has 6 heteroatoms. The second kappa shape index (κ2) is 4.44. The fourth-order valence-corrected chi connectivity index (χ4v) is 3.42. The first-order chi connectivity index (χ1) is 10.2. The molecule has 6 nitrogen and oxygen atoms in total. The molecule has 21 heavy (non-hydrogen) atoms. The minimum Gasteiger partial charge on any atom is -0.352 e. The van der Waals surface area contributed by atoms with Crippen LogP contribution in [0.15, 0.2) is 18.6 Å². The monoisotopic (exact) mass is 285 g/mol. The van der Waals surface area contributed by atoms with Crippen LogP contribution in [0.2, 0.25) is 0 Å². The summed E-state index contributed by atoms with van der Waals surface area (Å²) in [4.78, 5) is 28.4. The zero-order valence-electron chi connectivity index (χ0n) is 12.2. The normalized spacial score (nSPS) is 20.2. The van der Waals surface area contributed by atoms with Crippen LogP contribution in [0.1, 0.15) is 26.2 Å². The molecule has 0 aromatic carbocycles. The highest BCUT2D eigenvalue weighted by Crippen LogP contribution is 2.45. The predicted molar refractivity (Wildman–Crippen MR) is 80.1 cm³/mol. The minimum absolute atomic E-state index is 0.0545. The van der Waals surface area contributed by atoms with Crippen LogP contribution in [-0.2, 0) is 4.79 Å². The van der Waals surface area contributed by atoms with E-state index in [9.17, 15) is 4.79 Å². The molecule has 4 rings (SSSR count). The van der Waals surface area contributed by atoms with Gasteiger partial charge in [-0.15, -0.1) is 0 Å². The third-order valence-corrected chi connectivity index (χ3v) is 4.71. The van der Waals surface area contributed by atoms with E-state index in [1.54, 1.807) is 6.33 Å². The molecule has 1 saturated heterocycles. The van der Waals surface area contributed by atoms with Crippen molar-refractivity contribution in [2.24, 2.45) is 0 Å². The third-order valence-electron chi connectivity index (χ3n) is 4.71. The van der Waals surface area contributed by atoms with Crippen molar-refractivity contribution in [1.29, 1.82) is 0 Å². The second-order valence-electron chi connectivity index (χ2n) is 5.98. The molecule has 2 aromatic heterocycles. The number of nitrogens with zero attached hydrogens (tertiary/aromatic N) is 4. The Balaban J connectivity index is 1.64. The van der Waals surface area contributed by atoms with E-state index in [-0.39, 0.29) is 11.4 Å². The van der Waals surface area contributed by atoms with E-state index in [1.807, 2.05) is 19.2 Å². The van der Waals surface area contributed by atoms with Crippen LogP contribution in [0.4, 0.5) is 5.82 Å². The number of hydrogen-bond acceptors (Lipinski definition) is 4. The van der Waals surface area contributed by atoms with Gasteiger partial charge in [0, 0.05) is 32.3 Å². The number of carbonyl (C=O) groups excluding carboxylic acids is 1. The van der Waals surface area contributed by atoms with E-state index >= 15 is 0 Å². The van der Waals surface area contributed by atoms with E-state index in [1.165, 1.54) is 0 Å². The summed E-state index contributed by atoms with van der Waals surface area (Å²) in [6.45, 7) is 4.46. The summed E-state index contributed by atoms with van der Waals surface area (Å²) in [6.07, 6.45) is 6.31. The van der Waals surface area contributed by atoms with Crippen LogP contribution in [0.25, 0.3) is 11.0 Å². The lowest BCUT2D eigenvalue weighted by molar-refractivity contribution is -0.134. The number of piperazine rings is 1. The van der Waals surface area contributed by atoms with E-state index in [2.05, 4.69) is 24.8 Å². The van der Waals surface area contributed by atoms with Crippen molar-refractivity contribution < 1.29 is 4.79 Å². The number of nitrogens with one attached hydrogen (secondary N) is 1. The van der Waals surface area contributed by atoms with Gasteiger partial charge in [0.15, 0.2) is 0 Å². The molecule has 1 saturated carbocycles. The molecule has 1 N–H and O–H groups in total. The highest BCUT2D eigenvalue weighted by Gasteiger charge is 2.53. The maximum atomic E-state index is 12.1. The number of hydrogen-bond donors (Lipinski definition) is 1. The summed E-state index contributed by atoms with van der Waals surface area (Å²) in [5.41, 5.74) is 0.927. The fraction of sp³-hybridized carbons (Fsp3) is 0.533. The maximum absolute atomic E-state index is 12.1. The van der Waals surface area contributed by atoms with Gasteiger partial charge >= 0.3 is 0 Å². The number of amides is 1. The lowest BCUT2D eigenvalue weighted by atomic mass is 10.1. The Morgan fingerprint density at radius 2 is 2.24 bits per heavy atom. The number of aromatic amines is 1. The number of carbonyl (C=O) groups is 1. The topological polar surface area (TPSA) is 65.1 Å². The van der Waals surface area contributed by atoms with Gasteiger partial charge in [-0.05, 0) is 18.9 Å². The molecule has 3 heterocycles. The third kappa shape index (κ3) is 1.89. The molecule has 0 bridgehead atoms. The lowest BCUT2D eigenvalue weighted by Gasteiger charge is -2.42. The van der Waals surface area contributed by atoms with Crippen molar-refractivity contribution in [2.75, 3.05) is 24.5 Å². The Kier molecular flexibility index (Phi) is 2.67. The molecule has 1 aliphatic carbocycles. The summed E-state index contributed by atoms with van der Waals surface area (Å²) < 4.78 is 0. The summed E-state index contributed by atoms with van der Waals surface area (Å²) in [5, 5.41) is 1.06. The molecule has 1 spiro atoms. The van der Waals surface area contributed by atoms with Crippen LogP contribution in [0.5, 0.6) is 0 Å². The molecule has 0 unspecified atom stereocenters. The number of rotatable bonds is 2. The first-order valence-electron chi connectivity index (χ1n) is 7.57. The van der Waals surface area contributed by atoms with Crippen molar-refractivity contribution in [3.63, 3.8) is 0 Å². The Labute approximate surface area is 123 Å². The fourth-order valence-electron chi connectivity index (χ4n) is 3.42. The Morgan fingerprint density at radius 3 is 3.00 bits per heavy atom. The van der Waals surface area contributed by atoms with Gasteiger partial charge in [-0.25, -0.2) is 9.97 Å². The van der Waals surface area contributed by atoms with Crippen LogP contribution in [0, 0.1) is 0 Å². The van der Waals surface area contributed by atoms with Crippen molar-refractivity contribution >= 4 is 22.8 Å². The van der Waals surface area contributed by atoms with Crippen molar-refractivity contribution in [2.45, 2.75) is 31.7 Å². The highest BCUT2D eigenvalue weighted by atomic mass is 16.2. The molecular weight excluding hydrogens is 266 g/mol. The maximum Gasteiger partial charge on any atom is 0.222 e. The van der Waals surface area contributed by atoms with Crippen molar-refractivity contribution in [3.8, 4) is 0 Å². The van der Waals surface area contributed by atoms with Gasteiger partial charge in [0.2, 0.25) is 5.91 Å². The van der Waals surface area contributed by atoms with Gasteiger partial charge in [0.25, 0.3) is 0 Å². The second-order valence-corrected chi connectivity index (χ2v) is 5.98. The average molecular weight is 285 g/mol. The van der Waals surface area contributed by atoms with Crippen LogP contribution in [-0.4, -0.2) is 50.9 Å². The molecule has 1 aliphatic heterocycles. The average Bonchev–Trinajstić information content (AvgIpc) is 3.10. The Morgan fingerprint density at radius 1 is 1.38 bits per heavy atom. The lowest BCUT2D eigenvalue weighted by Crippen LogP contribution is -2.57. The molecule has 2 aromatic rings. The molecular formula is C15H19N5O. The molecule has 1 amide bonds. The number of aromatic nitrogens is 3. The van der Waals surface area contributed by atoms with Gasteiger partial charge in [-0.1, -0.05) is 6.92 Å². The molecule has 110 valence electrons. The molecule has 0 radical (unpaired) electrons. The zero-order chi connectivity index (χ0) is 14.4. The van der Waals surface area contributed by atoms with Crippen LogP contribution in [0.3, 0.4) is 0 Å². The SMILES string of the molecule is CCC(=O)N1CCN(c2ncnc3[nH]ccc23)CC12CC2. The molecule has 2 fully saturated rings. The first-order valence-corrected chi connectivity index (χ1v) is 7.57. The smallest absolute Gasteiger partial charge is 0.222 e. The number of anilines is 1. The summed E-state index contributed by atoms with van der Waals surface area (Å²) in [5.74, 6) is 1.26. The highest BCUT2D eigenvalue weighted by molar-refractivity contribution is 5.87. The zero-order valence-corrected chi connectivity index (χ0v) is 12.2. The summed E-state index contributed by atoms with van der Waals surface area (Å²) in [7, 11) is 0. The molecule has 2 aliphatic rings. The first kappa shape index (κ1) is 12.6. The molecule has 0 atom stereocenters. The Hall–Kier alpha value is -2.11. The standard InChI is InChI=1S/C15H19N5O/c1-2-12(21)20-8-7-19(9-15(20)4-5-15)14-11-3-6-16-13(11)17-10-18-14/h3,6,10H,2,4-5,7-9H2,1H3,(H,16,17,18).